The summed E-state index contributed by atoms with van der Waals surface area (Å²) in [6, 6.07) is 23.5. The van der Waals surface area contributed by atoms with Crippen LogP contribution in [0.4, 0.5) is 11.4 Å². The van der Waals surface area contributed by atoms with E-state index in [0.717, 1.165) is 4.90 Å². The molecule has 0 aliphatic heterocycles. The lowest BCUT2D eigenvalue weighted by Crippen LogP contribution is -2.22. The molecule has 3 aromatic carbocycles. The molecule has 2 amide bonds. The molecule has 0 bridgehead atoms. The number of thioether (sulfide) groups is 1. The maximum atomic E-state index is 12.4. The highest BCUT2D eigenvalue weighted by Crippen LogP contribution is 2.26. The number of nitrogens with one attached hydrogen (secondary N) is 2. The fraction of sp³-hybridized carbons (Fsp3) is 0.130. The molecule has 3 rings (SSSR count). The molecule has 7 heteroatoms. The van der Waals surface area contributed by atoms with Gasteiger partial charge in [-0.05, 0) is 67.6 Å². The van der Waals surface area contributed by atoms with Gasteiger partial charge < -0.3 is 15.4 Å². The second-order valence-electron chi connectivity index (χ2n) is 6.43. The number of hydrogen-bond acceptors (Lipinski definition) is 4. The van der Waals surface area contributed by atoms with Crippen molar-refractivity contribution in [1.29, 1.82) is 0 Å². The Morgan fingerprint density at radius 1 is 0.900 bits per heavy atom. The summed E-state index contributed by atoms with van der Waals surface area (Å²) in [4.78, 5) is 25.3. The second-order valence-corrected chi connectivity index (χ2v) is 8.28. The van der Waals surface area contributed by atoms with Crippen LogP contribution in [0, 0.1) is 0 Å². The molecule has 0 radical (unpaired) electrons. The molecule has 2 N–H and O–H groups in total. The quantitative estimate of drug-likeness (QED) is 0.455. The van der Waals surface area contributed by atoms with Gasteiger partial charge in [-0.2, -0.15) is 0 Å². The zero-order valence-electron chi connectivity index (χ0n) is 16.3. The number of ether oxygens (including phenoxy) is 1. The van der Waals surface area contributed by atoms with E-state index in [-0.39, 0.29) is 23.7 Å². The minimum atomic E-state index is -0.291. The van der Waals surface area contributed by atoms with Crippen LogP contribution in [0.15, 0.2) is 83.8 Å². The zero-order chi connectivity index (χ0) is 21.3. The number of benzene rings is 3. The molecule has 1 unspecified atom stereocenters. The lowest BCUT2D eigenvalue weighted by Gasteiger charge is -2.13. The van der Waals surface area contributed by atoms with Crippen molar-refractivity contribution in [2.45, 2.75) is 17.1 Å². The van der Waals surface area contributed by atoms with Crippen LogP contribution in [0.25, 0.3) is 0 Å². The average molecular weight is 441 g/mol. The molecule has 5 nitrogen and oxygen atoms in total. The number of amides is 2. The van der Waals surface area contributed by atoms with E-state index in [2.05, 4.69) is 10.6 Å². The summed E-state index contributed by atoms with van der Waals surface area (Å²) in [5.41, 5.74) is 1.37. The number of hydrogen-bond donors (Lipinski definition) is 2. The number of halogens is 1. The summed E-state index contributed by atoms with van der Waals surface area (Å²) in [6.45, 7) is 1.77. The molecule has 154 valence electrons. The van der Waals surface area contributed by atoms with Crippen molar-refractivity contribution in [3.8, 4) is 5.75 Å². The first-order valence-corrected chi connectivity index (χ1v) is 10.6. The Morgan fingerprint density at radius 3 is 2.17 bits per heavy atom. The standard InChI is InChI=1S/C23H21ClN2O3S/c1-16(23(28)26-19-9-7-17(24)8-10-19)30-21-13-11-18(12-14-21)25-22(27)15-29-20-5-3-2-4-6-20/h2-14,16H,15H2,1H3,(H,25,27)(H,26,28). The SMILES string of the molecule is CC(Sc1ccc(NC(=O)COc2ccccc2)cc1)C(=O)Nc1ccc(Cl)cc1. The molecule has 0 aromatic heterocycles. The van der Waals surface area contributed by atoms with E-state index in [1.165, 1.54) is 11.8 Å². The van der Waals surface area contributed by atoms with Crippen molar-refractivity contribution >= 4 is 46.6 Å². The molecular formula is C23H21ClN2O3S. The van der Waals surface area contributed by atoms with Crippen LogP contribution in [-0.4, -0.2) is 23.7 Å². The van der Waals surface area contributed by atoms with Gasteiger partial charge in [0.1, 0.15) is 5.75 Å². The zero-order valence-corrected chi connectivity index (χ0v) is 17.9. The summed E-state index contributed by atoms with van der Waals surface area (Å²) in [7, 11) is 0. The third-order valence-electron chi connectivity index (χ3n) is 4.05. The van der Waals surface area contributed by atoms with Crippen LogP contribution >= 0.6 is 23.4 Å². The first kappa shape index (κ1) is 21.7. The number of carbonyl (C=O) groups is 2. The highest BCUT2D eigenvalue weighted by atomic mass is 35.5. The van der Waals surface area contributed by atoms with Crippen LogP contribution in [0.1, 0.15) is 6.92 Å². The Bertz CT molecular complexity index is 980. The number of rotatable bonds is 8. The molecule has 0 saturated heterocycles. The Kier molecular flexibility index (Phi) is 7.76. The van der Waals surface area contributed by atoms with E-state index in [1.807, 2.05) is 37.3 Å². The Hall–Kier alpha value is -2.96. The van der Waals surface area contributed by atoms with Crippen LogP contribution in [-0.2, 0) is 9.59 Å². The summed E-state index contributed by atoms with van der Waals surface area (Å²) >= 11 is 7.29. The largest absolute Gasteiger partial charge is 0.484 e. The van der Waals surface area contributed by atoms with Crippen molar-refractivity contribution < 1.29 is 14.3 Å². The van der Waals surface area contributed by atoms with Gasteiger partial charge in [0.05, 0.1) is 5.25 Å². The molecular weight excluding hydrogens is 420 g/mol. The van der Waals surface area contributed by atoms with Gasteiger partial charge >= 0.3 is 0 Å². The van der Waals surface area contributed by atoms with Crippen LogP contribution < -0.4 is 15.4 Å². The highest BCUT2D eigenvalue weighted by molar-refractivity contribution is 8.00. The minimum Gasteiger partial charge on any atom is -0.484 e. The third kappa shape index (κ3) is 6.83. The lowest BCUT2D eigenvalue weighted by molar-refractivity contribution is -0.118. The van der Waals surface area contributed by atoms with Gasteiger partial charge in [-0.25, -0.2) is 0 Å². The first-order valence-electron chi connectivity index (χ1n) is 9.30. The molecule has 0 aliphatic carbocycles. The topological polar surface area (TPSA) is 67.4 Å². The lowest BCUT2D eigenvalue weighted by atomic mass is 10.3. The van der Waals surface area contributed by atoms with Crippen LogP contribution in [0.2, 0.25) is 5.02 Å². The molecule has 0 heterocycles. The van der Waals surface area contributed by atoms with Gasteiger partial charge in [-0.15, -0.1) is 11.8 Å². The maximum absolute atomic E-state index is 12.4. The Balaban J connectivity index is 1.46. The number of para-hydroxylation sites is 1. The Labute approximate surface area is 184 Å². The molecule has 0 spiro atoms. The Morgan fingerprint density at radius 2 is 1.50 bits per heavy atom. The van der Waals surface area contributed by atoms with Crippen molar-refractivity contribution in [2.24, 2.45) is 0 Å². The van der Waals surface area contributed by atoms with Crippen LogP contribution in [0.5, 0.6) is 5.75 Å². The fourth-order valence-corrected chi connectivity index (χ4v) is 3.51. The number of carbonyl (C=O) groups excluding carboxylic acids is 2. The maximum Gasteiger partial charge on any atom is 0.262 e. The van der Waals surface area contributed by atoms with E-state index in [1.54, 1.807) is 48.5 Å². The van der Waals surface area contributed by atoms with Crippen molar-refractivity contribution in [1.82, 2.24) is 0 Å². The van der Waals surface area contributed by atoms with Gasteiger partial charge in [-0.1, -0.05) is 29.8 Å². The van der Waals surface area contributed by atoms with E-state index in [0.29, 0.717) is 22.1 Å². The van der Waals surface area contributed by atoms with Gasteiger partial charge in [-0.3, -0.25) is 9.59 Å². The number of anilines is 2. The summed E-state index contributed by atoms with van der Waals surface area (Å²) in [5.74, 6) is 0.304. The van der Waals surface area contributed by atoms with Gasteiger partial charge in [0, 0.05) is 21.3 Å². The van der Waals surface area contributed by atoms with Gasteiger partial charge in [0.2, 0.25) is 5.91 Å². The normalized spacial score (nSPS) is 11.4. The van der Waals surface area contributed by atoms with Gasteiger partial charge in [0.25, 0.3) is 5.91 Å². The minimum absolute atomic E-state index is 0.0670. The molecule has 0 fully saturated rings. The van der Waals surface area contributed by atoms with E-state index in [9.17, 15) is 9.59 Å². The second kappa shape index (κ2) is 10.7. The predicted octanol–water partition coefficient (Wildman–Crippen LogP) is 5.48. The molecule has 0 aliphatic rings. The van der Waals surface area contributed by atoms with E-state index < -0.39 is 0 Å². The highest BCUT2D eigenvalue weighted by Gasteiger charge is 2.15. The average Bonchev–Trinajstić information content (AvgIpc) is 2.76. The summed E-state index contributed by atoms with van der Waals surface area (Å²) in [6.07, 6.45) is 0. The van der Waals surface area contributed by atoms with Crippen molar-refractivity contribution in [3.05, 3.63) is 83.9 Å². The molecule has 3 aromatic rings. The van der Waals surface area contributed by atoms with E-state index in [4.69, 9.17) is 16.3 Å². The van der Waals surface area contributed by atoms with E-state index >= 15 is 0 Å². The fourth-order valence-electron chi connectivity index (χ4n) is 2.51. The van der Waals surface area contributed by atoms with Crippen molar-refractivity contribution in [2.75, 3.05) is 17.2 Å². The summed E-state index contributed by atoms with van der Waals surface area (Å²) in [5, 5.41) is 5.98. The summed E-state index contributed by atoms with van der Waals surface area (Å²) < 4.78 is 5.43. The monoisotopic (exact) mass is 440 g/mol. The first-order chi connectivity index (χ1) is 14.5. The molecule has 0 saturated carbocycles. The molecule has 1 atom stereocenters. The third-order valence-corrected chi connectivity index (χ3v) is 5.41. The van der Waals surface area contributed by atoms with Crippen molar-refractivity contribution in [3.63, 3.8) is 0 Å². The van der Waals surface area contributed by atoms with Gasteiger partial charge in [0.15, 0.2) is 6.61 Å². The van der Waals surface area contributed by atoms with Crippen LogP contribution in [0.3, 0.4) is 0 Å². The molecule has 30 heavy (non-hydrogen) atoms. The smallest absolute Gasteiger partial charge is 0.262 e. The predicted molar refractivity (Wildman–Crippen MR) is 122 cm³/mol.